The maximum absolute atomic E-state index is 10.4. The molecule has 0 aliphatic carbocycles. The quantitative estimate of drug-likeness (QED) is 0.108. The van der Waals surface area contributed by atoms with Crippen molar-refractivity contribution in [2.24, 2.45) is 0 Å². The van der Waals surface area contributed by atoms with Crippen molar-refractivity contribution in [3.63, 3.8) is 0 Å². The molecule has 0 heterocycles. The molecule has 0 aromatic carbocycles. The van der Waals surface area contributed by atoms with Crippen LogP contribution in [0.2, 0.25) is 0 Å². The van der Waals surface area contributed by atoms with Gasteiger partial charge in [-0.15, -0.1) is 0 Å². The van der Waals surface area contributed by atoms with Gasteiger partial charge in [-0.05, 0) is 6.42 Å². The Morgan fingerprint density at radius 2 is 0.629 bits per heavy atom. The van der Waals surface area contributed by atoms with E-state index >= 15 is 0 Å². The fourth-order valence-corrected chi connectivity index (χ4v) is 4.42. The fraction of sp³-hybridized carbons (Fsp3) is 0.931. The molecule has 0 aromatic rings. The van der Waals surface area contributed by atoms with Crippen LogP contribution >= 0.6 is 0 Å². The molecular formula is C29H57NaO5. The number of hydrogen-bond acceptors (Lipinski definition) is 3. The third-order valence-corrected chi connectivity index (χ3v) is 6.49. The second-order valence-electron chi connectivity index (χ2n) is 9.89. The average Bonchev–Trinajstić information content (AvgIpc) is 2.78. The van der Waals surface area contributed by atoms with E-state index in [4.69, 9.17) is 20.1 Å². The van der Waals surface area contributed by atoms with Crippen LogP contribution in [0.25, 0.3) is 0 Å². The minimum atomic E-state index is -2.08. The van der Waals surface area contributed by atoms with Gasteiger partial charge in [-0.2, -0.15) is 0 Å². The van der Waals surface area contributed by atoms with Crippen molar-refractivity contribution in [1.82, 2.24) is 0 Å². The van der Waals surface area contributed by atoms with Gasteiger partial charge in [0.15, 0.2) is 0 Å². The monoisotopic (exact) mass is 508 g/mol. The van der Waals surface area contributed by atoms with E-state index in [1.54, 1.807) is 0 Å². The molecule has 5 nitrogen and oxygen atoms in total. The topological polar surface area (TPSA) is 97.7 Å². The van der Waals surface area contributed by atoms with Crippen molar-refractivity contribution < 1.29 is 54.5 Å². The molecule has 0 saturated carbocycles. The maximum Gasteiger partial charge on any atom is 1.00 e. The summed E-state index contributed by atoms with van der Waals surface area (Å²) in [6.45, 7) is 2.29. The molecule has 204 valence electrons. The first-order valence-electron chi connectivity index (χ1n) is 14.6. The molecule has 0 spiro atoms. The minimum absolute atomic E-state index is 0. The zero-order valence-corrected chi connectivity index (χ0v) is 25.5. The molecule has 2 N–H and O–H groups in total. The van der Waals surface area contributed by atoms with Crippen molar-refractivity contribution in [2.75, 3.05) is 0 Å². The summed E-state index contributed by atoms with van der Waals surface area (Å²) in [5.74, 6) is -0.649. The van der Waals surface area contributed by atoms with Crippen molar-refractivity contribution in [1.29, 1.82) is 0 Å². The van der Waals surface area contributed by atoms with Crippen LogP contribution < -0.4 is 34.7 Å². The van der Waals surface area contributed by atoms with E-state index in [0.717, 1.165) is 12.8 Å². The predicted octanol–water partition coefficient (Wildman–Crippen LogP) is 6.13. The first-order chi connectivity index (χ1) is 16.5. The van der Waals surface area contributed by atoms with E-state index in [2.05, 4.69) is 6.92 Å². The second kappa shape index (κ2) is 35.9. The predicted molar refractivity (Wildman–Crippen MR) is 141 cm³/mol. The van der Waals surface area contributed by atoms with Crippen LogP contribution in [0.15, 0.2) is 0 Å². The van der Waals surface area contributed by atoms with Crippen LogP contribution in [0.1, 0.15) is 174 Å². The van der Waals surface area contributed by atoms with Gasteiger partial charge in [0.1, 0.15) is 0 Å². The zero-order valence-electron chi connectivity index (χ0n) is 23.5. The Morgan fingerprint density at radius 1 is 0.457 bits per heavy atom. The Morgan fingerprint density at radius 3 is 0.800 bits per heavy atom. The molecule has 0 fully saturated rings. The number of rotatable bonds is 26. The Hall–Kier alpha value is -0.260. The van der Waals surface area contributed by atoms with E-state index in [0.29, 0.717) is 6.42 Å². The summed E-state index contributed by atoms with van der Waals surface area (Å²) < 4.78 is 0. The Kier molecular flexibility index (Phi) is 40.3. The summed E-state index contributed by atoms with van der Waals surface area (Å²) in [6, 6.07) is 0. The van der Waals surface area contributed by atoms with Gasteiger partial charge in [0.25, 0.3) is 0 Å². The molecule has 0 radical (unpaired) electrons. The summed E-state index contributed by atoms with van der Waals surface area (Å²) in [6.07, 6.45) is 32.9. The van der Waals surface area contributed by atoms with Gasteiger partial charge in [0.2, 0.25) is 6.16 Å². The zero-order chi connectivity index (χ0) is 25.5. The van der Waals surface area contributed by atoms with Crippen LogP contribution in [0, 0.1) is 0 Å². The summed E-state index contributed by atoms with van der Waals surface area (Å²) in [5.41, 5.74) is 0. The fourth-order valence-electron chi connectivity index (χ4n) is 4.42. The van der Waals surface area contributed by atoms with Crippen molar-refractivity contribution in [3.05, 3.63) is 0 Å². The standard InChI is InChI=1S/C28H56O2.CH2O3.Na/c1-2-3-4-5-6-7-8-9-10-11-12-13-14-15-16-17-18-19-20-21-22-23-24-25-26-27-28(29)30;2-1(3)4;/h2-27H2,1H3,(H,29,30);(H2,2,3,4);/q;;+1/p-1. The number of hydrogen-bond donors (Lipinski definition) is 2. The van der Waals surface area contributed by atoms with Crippen LogP contribution in [0.4, 0.5) is 4.79 Å². The van der Waals surface area contributed by atoms with E-state index in [9.17, 15) is 4.79 Å². The molecule has 6 heteroatoms. The van der Waals surface area contributed by atoms with Gasteiger partial charge >= 0.3 is 35.5 Å². The summed E-state index contributed by atoms with van der Waals surface area (Å²) >= 11 is 0. The Balaban J connectivity index is -0.00000189. The molecule has 0 atom stereocenters. The number of carboxylic acids is 1. The molecule has 0 saturated heterocycles. The van der Waals surface area contributed by atoms with Gasteiger partial charge < -0.3 is 20.1 Å². The van der Waals surface area contributed by atoms with Crippen molar-refractivity contribution in [2.45, 2.75) is 174 Å². The molecule has 0 aliphatic heterocycles. The summed E-state index contributed by atoms with van der Waals surface area (Å²) in [7, 11) is 0. The SMILES string of the molecule is CCCCCCCCCCCCCCCCCCCCCCCCCCCC(=O)O.O=C([O-])O.[Na+]. The molecule has 0 aromatic heterocycles. The van der Waals surface area contributed by atoms with E-state index in [-0.39, 0.29) is 29.6 Å². The summed E-state index contributed by atoms with van der Waals surface area (Å²) in [4.78, 5) is 18.9. The molecule has 0 unspecified atom stereocenters. The smallest absolute Gasteiger partial charge is 0.565 e. The largest absolute Gasteiger partial charge is 1.00 e. The number of aliphatic carboxylic acids is 1. The third-order valence-electron chi connectivity index (χ3n) is 6.49. The molecule has 0 bridgehead atoms. The number of unbranched alkanes of at least 4 members (excludes halogenated alkanes) is 24. The van der Waals surface area contributed by atoms with Crippen LogP contribution in [-0.4, -0.2) is 22.3 Å². The van der Waals surface area contributed by atoms with E-state index < -0.39 is 12.1 Å². The van der Waals surface area contributed by atoms with Crippen LogP contribution in [0.3, 0.4) is 0 Å². The van der Waals surface area contributed by atoms with Crippen molar-refractivity contribution >= 4 is 12.1 Å². The van der Waals surface area contributed by atoms with Gasteiger partial charge in [0.05, 0.1) is 0 Å². The van der Waals surface area contributed by atoms with Gasteiger partial charge in [0, 0.05) is 6.42 Å². The summed E-state index contributed by atoms with van der Waals surface area (Å²) in [5, 5.41) is 23.9. The molecule has 0 aliphatic rings. The normalized spacial score (nSPS) is 10.3. The number of carbonyl (C=O) groups is 2. The third kappa shape index (κ3) is 47.5. The minimum Gasteiger partial charge on any atom is -0.565 e. The van der Waals surface area contributed by atoms with Crippen molar-refractivity contribution in [3.8, 4) is 0 Å². The molecule has 0 rings (SSSR count). The van der Waals surface area contributed by atoms with Gasteiger partial charge in [-0.3, -0.25) is 4.79 Å². The van der Waals surface area contributed by atoms with Crippen LogP contribution in [-0.2, 0) is 4.79 Å². The first-order valence-corrected chi connectivity index (χ1v) is 14.6. The van der Waals surface area contributed by atoms with Gasteiger partial charge in [-0.25, -0.2) is 0 Å². The van der Waals surface area contributed by atoms with Crippen LogP contribution in [0.5, 0.6) is 0 Å². The maximum atomic E-state index is 10.4. The van der Waals surface area contributed by atoms with Gasteiger partial charge in [-0.1, -0.05) is 161 Å². The Bertz CT molecular complexity index is 414. The van der Waals surface area contributed by atoms with E-state index in [1.807, 2.05) is 0 Å². The first kappa shape index (κ1) is 39.3. The van der Waals surface area contributed by atoms with E-state index in [1.165, 1.54) is 148 Å². The second-order valence-corrected chi connectivity index (χ2v) is 9.89. The Labute approximate surface area is 239 Å². The molecule has 0 amide bonds. The molecular weight excluding hydrogens is 451 g/mol. The molecule has 35 heavy (non-hydrogen) atoms. The number of carboxylic acid groups (broad SMARTS) is 3. The average molecular weight is 509 g/mol.